The highest BCUT2D eigenvalue weighted by Crippen LogP contribution is 2.23. The molecule has 0 saturated carbocycles. The van der Waals surface area contributed by atoms with Crippen LogP contribution in [0.3, 0.4) is 0 Å². The van der Waals surface area contributed by atoms with Crippen molar-refractivity contribution in [1.29, 1.82) is 0 Å². The molecule has 2 aromatic rings. The molecule has 0 fully saturated rings. The van der Waals surface area contributed by atoms with E-state index in [1.54, 1.807) is 0 Å². The number of anilines is 1. The lowest BCUT2D eigenvalue weighted by molar-refractivity contribution is 0.0940. The molecule has 0 aliphatic carbocycles. The van der Waals surface area contributed by atoms with Crippen molar-refractivity contribution in [2.75, 3.05) is 11.9 Å². The Morgan fingerprint density at radius 1 is 1.20 bits per heavy atom. The van der Waals surface area contributed by atoms with Crippen LogP contribution in [0, 0.1) is 0 Å². The number of fused-ring (bicyclic) bond motifs is 1. The molecule has 0 bridgehead atoms. The minimum atomic E-state index is -0.0298. The largest absolute Gasteiger partial charge is 0.384 e. The second-order valence-corrected chi connectivity index (χ2v) is 5.15. The van der Waals surface area contributed by atoms with Crippen molar-refractivity contribution in [3.8, 4) is 0 Å². The zero-order chi connectivity index (χ0) is 13.9. The molecule has 2 N–H and O–H groups in total. The Balaban J connectivity index is 1.73. The van der Waals surface area contributed by atoms with Gasteiger partial charge in [-0.25, -0.2) is 0 Å². The van der Waals surface area contributed by atoms with Crippen LogP contribution >= 0.6 is 0 Å². The van der Waals surface area contributed by atoms with Crippen LogP contribution in [0.2, 0.25) is 0 Å². The summed E-state index contributed by atoms with van der Waals surface area (Å²) >= 11 is 0. The molecule has 3 nitrogen and oxygen atoms in total. The number of carbonyl (C=O) groups is 1. The van der Waals surface area contributed by atoms with Gasteiger partial charge in [-0.3, -0.25) is 4.79 Å². The van der Waals surface area contributed by atoms with Crippen molar-refractivity contribution in [2.24, 2.45) is 0 Å². The van der Waals surface area contributed by atoms with Gasteiger partial charge in [-0.2, -0.15) is 0 Å². The van der Waals surface area contributed by atoms with Crippen LogP contribution < -0.4 is 10.6 Å². The monoisotopic (exact) mass is 266 g/mol. The van der Waals surface area contributed by atoms with Gasteiger partial charge < -0.3 is 10.6 Å². The van der Waals surface area contributed by atoms with Crippen molar-refractivity contribution < 1.29 is 4.79 Å². The van der Waals surface area contributed by atoms with Gasteiger partial charge in [0.2, 0.25) is 0 Å². The van der Waals surface area contributed by atoms with Gasteiger partial charge in [-0.1, -0.05) is 36.4 Å². The fraction of sp³-hybridized carbons (Fsp3) is 0.235. The second kappa shape index (κ2) is 5.37. The molecule has 2 aromatic carbocycles. The summed E-state index contributed by atoms with van der Waals surface area (Å²) in [5, 5.41) is 6.34. The van der Waals surface area contributed by atoms with Crippen molar-refractivity contribution in [1.82, 2.24) is 5.32 Å². The minimum Gasteiger partial charge on any atom is -0.384 e. The van der Waals surface area contributed by atoms with Crippen molar-refractivity contribution in [2.45, 2.75) is 19.4 Å². The first-order valence-corrected chi connectivity index (χ1v) is 6.96. The van der Waals surface area contributed by atoms with Crippen LogP contribution in [0.1, 0.15) is 34.5 Å². The van der Waals surface area contributed by atoms with Gasteiger partial charge in [0, 0.05) is 17.8 Å². The van der Waals surface area contributed by atoms with Gasteiger partial charge in [0.1, 0.15) is 0 Å². The smallest absolute Gasteiger partial charge is 0.251 e. The Hall–Kier alpha value is -2.29. The minimum absolute atomic E-state index is 0.00455. The van der Waals surface area contributed by atoms with E-state index in [1.807, 2.05) is 55.5 Å². The highest BCUT2D eigenvalue weighted by molar-refractivity contribution is 5.95. The number of amides is 1. The lowest BCUT2D eigenvalue weighted by atomic mass is 10.1. The first-order valence-electron chi connectivity index (χ1n) is 6.96. The number of benzene rings is 2. The number of carbonyl (C=O) groups excluding carboxylic acids is 1. The molecule has 1 atom stereocenters. The first kappa shape index (κ1) is 12.7. The summed E-state index contributed by atoms with van der Waals surface area (Å²) in [7, 11) is 0. The van der Waals surface area contributed by atoms with E-state index < -0.39 is 0 Å². The maximum Gasteiger partial charge on any atom is 0.251 e. The normalized spacial score (nSPS) is 14.2. The summed E-state index contributed by atoms with van der Waals surface area (Å²) in [6, 6.07) is 15.9. The van der Waals surface area contributed by atoms with Crippen LogP contribution in [0.5, 0.6) is 0 Å². The van der Waals surface area contributed by atoms with Gasteiger partial charge in [0.25, 0.3) is 5.91 Å². The molecule has 0 aromatic heterocycles. The quantitative estimate of drug-likeness (QED) is 0.896. The fourth-order valence-electron chi connectivity index (χ4n) is 2.54. The van der Waals surface area contributed by atoms with Gasteiger partial charge in [-0.15, -0.1) is 0 Å². The Kier molecular flexibility index (Phi) is 3.42. The maximum absolute atomic E-state index is 12.3. The Bertz CT molecular complexity index is 622. The van der Waals surface area contributed by atoms with Crippen LogP contribution in [-0.4, -0.2) is 12.5 Å². The molecule has 0 unspecified atom stereocenters. The molecule has 3 rings (SSSR count). The Labute approximate surface area is 119 Å². The lowest BCUT2D eigenvalue weighted by Gasteiger charge is -2.14. The molecular formula is C17H18N2O. The van der Waals surface area contributed by atoms with Gasteiger partial charge in [0.15, 0.2) is 0 Å². The number of rotatable bonds is 3. The second-order valence-electron chi connectivity index (χ2n) is 5.15. The molecule has 1 heterocycles. The van der Waals surface area contributed by atoms with Gasteiger partial charge >= 0.3 is 0 Å². The average Bonchev–Trinajstić information content (AvgIpc) is 2.95. The van der Waals surface area contributed by atoms with Crippen LogP contribution in [0.25, 0.3) is 0 Å². The number of hydrogen-bond donors (Lipinski definition) is 2. The topological polar surface area (TPSA) is 41.1 Å². The molecule has 0 radical (unpaired) electrons. The average molecular weight is 266 g/mol. The molecule has 1 amide bonds. The maximum atomic E-state index is 12.3. The predicted molar refractivity (Wildman–Crippen MR) is 81.0 cm³/mol. The van der Waals surface area contributed by atoms with Crippen molar-refractivity contribution in [3.05, 3.63) is 65.2 Å². The lowest BCUT2D eigenvalue weighted by Crippen LogP contribution is -2.26. The molecule has 102 valence electrons. The van der Waals surface area contributed by atoms with E-state index >= 15 is 0 Å². The van der Waals surface area contributed by atoms with E-state index in [0.717, 1.165) is 24.2 Å². The zero-order valence-corrected chi connectivity index (χ0v) is 11.5. The summed E-state index contributed by atoms with van der Waals surface area (Å²) in [5.41, 5.74) is 4.20. The summed E-state index contributed by atoms with van der Waals surface area (Å²) in [6.45, 7) is 2.96. The molecule has 0 saturated heterocycles. The van der Waals surface area contributed by atoms with Crippen LogP contribution in [-0.2, 0) is 6.42 Å². The summed E-state index contributed by atoms with van der Waals surface area (Å²) in [4.78, 5) is 12.3. The third-order valence-corrected chi connectivity index (χ3v) is 3.73. The fourth-order valence-corrected chi connectivity index (χ4v) is 2.54. The summed E-state index contributed by atoms with van der Waals surface area (Å²) < 4.78 is 0. The van der Waals surface area contributed by atoms with Crippen LogP contribution in [0.15, 0.2) is 48.5 Å². The molecule has 0 spiro atoms. The highest BCUT2D eigenvalue weighted by atomic mass is 16.1. The summed E-state index contributed by atoms with van der Waals surface area (Å²) in [5.74, 6) is -0.0298. The number of nitrogens with one attached hydrogen (secondary N) is 2. The molecule has 20 heavy (non-hydrogen) atoms. The third-order valence-electron chi connectivity index (χ3n) is 3.73. The third kappa shape index (κ3) is 2.52. The number of hydrogen-bond acceptors (Lipinski definition) is 2. The Morgan fingerprint density at radius 2 is 2.00 bits per heavy atom. The highest BCUT2D eigenvalue weighted by Gasteiger charge is 2.15. The molecule has 1 aliphatic rings. The van der Waals surface area contributed by atoms with Crippen molar-refractivity contribution in [3.63, 3.8) is 0 Å². The van der Waals surface area contributed by atoms with E-state index in [2.05, 4.69) is 10.6 Å². The van der Waals surface area contributed by atoms with Crippen molar-refractivity contribution >= 4 is 11.6 Å². The Morgan fingerprint density at radius 3 is 2.80 bits per heavy atom. The van der Waals surface area contributed by atoms with E-state index in [4.69, 9.17) is 0 Å². The van der Waals surface area contributed by atoms with E-state index in [0.29, 0.717) is 5.56 Å². The predicted octanol–water partition coefficient (Wildman–Crippen LogP) is 3.15. The first-order chi connectivity index (χ1) is 9.74. The van der Waals surface area contributed by atoms with E-state index in [9.17, 15) is 4.79 Å². The standard InChI is InChI=1S/C17H18N2O/c1-12(13-5-3-2-4-6-13)19-17(20)15-8-7-14-9-10-18-16(14)11-15/h2-8,11-12,18H,9-10H2,1H3,(H,19,20)/t12-/m0/s1. The summed E-state index contributed by atoms with van der Waals surface area (Å²) in [6.07, 6.45) is 1.04. The van der Waals surface area contributed by atoms with E-state index in [-0.39, 0.29) is 11.9 Å². The zero-order valence-electron chi connectivity index (χ0n) is 11.5. The molecular weight excluding hydrogens is 248 g/mol. The van der Waals surface area contributed by atoms with Crippen LogP contribution in [0.4, 0.5) is 5.69 Å². The van der Waals surface area contributed by atoms with Gasteiger partial charge in [0.05, 0.1) is 6.04 Å². The SMILES string of the molecule is C[C@H](NC(=O)c1ccc2c(c1)NCC2)c1ccccc1. The molecule has 1 aliphatic heterocycles. The van der Waals surface area contributed by atoms with Gasteiger partial charge in [-0.05, 0) is 36.6 Å². The molecule has 3 heteroatoms. The van der Waals surface area contributed by atoms with E-state index in [1.165, 1.54) is 5.56 Å².